The molecule has 2 aromatic rings. The smallest absolute Gasteiger partial charge is 0.104 e. The third kappa shape index (κ3) is 3.05. The van der Waals surface area contributed by atoms with Gasteiger partial charge in [0.2, 0.25) is 0 Å². The van der Waals surface area contributed by atoms with Crippen LogP contribution in [0.25, 0.3) is 0 Å². The predicted octanol–water partition coefficient (Wildman–Crippen LogP) is 3.16. The molecule has 0 saturated heterocycles. The van der Waals surface area contributed by atoms with Crippen LogP contribution in [0.3, 0.4) is 0 Å². The lowest BCUT2D eigenvalue weighted by Gasteiger charge is -2.12. The second-order valence-electron chi connectivity index (χ2n) is 5.56. The van der Waals surface area contributed by atoms with Gasteiger partial charge in [-0.1, -0.05) is 64.4 Å². The first-order chi connectivity index (χ1) is 8.45. The number of aryl methyl sites for hydroxylation is 4. The van der Waals surface area contributed by atoms with Gasteiger partial charge in [0.15, 0.2) is 0 Å². The van der Waals surface area contributed by atoms with Crippen molar-refractivity contribution in [1.82, 2.24) is 0 Å². The van der Waals surface area contributed by atoms with Crippen molar-refractivity contribution in [3.8, 4) is 0 Å². The largest absolute Gasteiger partial charge is 0.342 e. The topological polar surface area (TPSA) is 0 Å². The highest BCUT2D eigenvalue weighted by Gasteiger charge is 2.17. The molecular weight excluding hydrogens is 231 g/mol. The fraction of sp³-hybridized carbons (Fsp3) is 0.294. The molecule has 0 atom stereocenters. The van der Waals surface area contributed by atoms with E-state index in [9.17, 15) is 0 Å². The van der Waals surface area contributed by atoms with E-state index in [1.807, 2.05) is 0 Å². The maximum Gasteiger partial charge on any atom is 0.342 e. The van der Waals surface area contributed by atoms with Crippen LogP contribution in [0.2, 0.25) is 5.79 Å². The third-order valence-corrected chi connectivity index (χ3v) is 6.15. The van der Waals surface area contributed by atoms with Crippen LogP contribution in [0.1, 0.15) is 22.3 Å². The molecule has 92 valence electrons. The summed E-state index contributed by atoms with van der Waals surface area (Å²) >= 11 is -1.03. The molecule has 1 heteroatoms. The first kappa shape index (κ1) is 13.4. The molecular formula is C17H21Al. The summed E-state index contributed by atoms with van der Waals surface area (Å²) in [6.07, 6.45) is 0. The fourth-order valence-electron chi connectivity index (χ4n) is 2.71. The second-order valence-corrected chi connectivity index (χ2v) is 8.34. The molecule has 2 rings (SSSR count). The maximum atomic E-state index is 2.43. The highest BCUT2D eigenvalue weighted by Crippen LogP contribution is 2.05. The molecule has 0 aromatic heterocycles. The standard InChI is InChI=1S/2C8H9.CH3.Al/c2*1-7-4-3-5-8(2)6-7;;/h2*4-6H,1-2H3;1H3;. The molecule has 0 fully saturated rings. The summed E-state index contributed by atoms with van der Waals surface area (Å²) in [6.45, 7) is 8.77. The van der Waals surface area contributed by atoms with Crippen molar-refractivity contribution in [2.45, 2.75) is 33.5 Å². The van der Waals surface area contributed by atoms with Crippen LogP contribution >= 0.6 is 0 Å². The van der Waals surface area contributed by atoms with Crippen molar-refractivity contribution in [3.63, 3.8) is 0 Å². The molecule has 0 radical (unpaired) electrons. The molecule has 0 amide bonds. The van der Waals surface area contributed by atoms with Crippen LogP contribution in [0.15, 0.2) is 36.4 Å². The van der Waals surface area contributed by atoms with Gasteiger partial charge >= 0.3 is 14.1 Å². The van der Waals surface area contributed by atoms with Crippen molar-refractivity contribution in [3.05, 3.63) is 58.7 Å². The quantitative estimate of drug-likeness (QED) is 0.720. The normalized spacial score (nSPS) is 10.5. The van der Waals surface area contributed by atoms with Gasteiger partial charge < -0.3 is 0 Å². The molecule has 0 aliphatic rings. The summed E-state index contributed by atoms with van der Waals surface area (Å²) in [6, 6.07) is 14.0. The van der Waals surface area contributed by atoms with E-state index in [0.29, 0.717) is 0 Å². The maximum absolute atomic E-state index is 2.43. The Morgan fingerprint density at radius 1 is 0.556 bits per heavy atom. The SMILES string of the molecule is Cc1cc(C)c[c]([Al]([CH3])[c]2cc(C)cc(C)c2)c1. The first-order valence-corrected chi connectivity index (χ1v) is 8.93. The minimum atomic E-state index is -1.03. The lowest BCUT2D eigenvalue weighted by atomic mass is 10.2. The van der Waals surface area contributed by atoms with E-state index in [4.69, 9.17) is 0 Å². The van der Waals surface area contributed by atoms with Crippen molar-refractivity contribution in [1.29, 1.82) is 0 Å². The molecule has 0 aliphatic carbocycles. The van der Waals surface area contributed by atoms with Gasteiger partial charge in [0.1, 0.15) is 0 Å². The van der Waals surface area contributed by atoms with Crippen molar-refractivity contribution in [2.75, 3.05) is 0 Å². The molecule has 0 unspecified atom stereocenters. The van der Waals surface area contributed by atoms with E-state index in [1.54, 1.807) is 8.85 Å². The predicted molar refractivity (Wildman–Crippen MR) is 82.7 cm³/mol. The summed E-state index contributed by atoms with van der Waals surface area (Å²) in [7, 11) is 0. The van der Waals surface area contributed by atoms with E-state index < -0.39 is 14.1 Å². The van der Waals surface area contributed by atoms with Crippen LogP contribution in [0, 0.1) is 27.7 Å². The summed E-state index contributed by atoms with van der Waals surface area (Å²) in [5, 5.41) is 0. The molecule has 0 saturated carbocycles. The van der Waals surface area contributed by atoms with Crippen LogP contribution in [-0.2, 0) is 0 Å². The van der Waals surface area contributed by atoms with Gasteiger partial charge in [-0.15, -0.1) is 8.85 Å². The zero-order chi connectivity index (χ0) is 13.3. The van der Waals surface area contributed by atoms with Crippen molar-refractivity contribution < 1.29 is 0 Å². The molecule has 0 aliphatic heterocycles. The second kappa shape index (κ2) is 5.31. The molecule has 18 heavy (non-hydrogen) atoms. The van der Waals surface area contributed by atoms with Crippen molar-refractivity contribution in [2.24, 2.45) is 0 Å². The van der Waals surface area contributed by atoms with Crippen LogP contribution in [0.5, 0.6) is 0 Å². The Bertz CT molecular complexity index is 478. The molecule has 0 nitrogen and oxygen atoms in total. The van der Waals surface area contributed by atoms with E-state index in [1.165, 1.54) is 22.3 Å². The zero-order valence-electron chi connectivity index (χ0n) is 12.0. The Morgan fingerprint density at radius 3 is 1.11 bits per heavy atom. The van der Waals surface area contributed by atoms with Crippen LogP contribution < -0.4 is 8.85 Å². The van der Waals surface area contributed by atoms with E-state index in [-0.39, 0.29) is 0 Å². The summed E-state index contributed by atoms with van der Waals surface area (Å²) < 4.78 is 3.11. The van der Waals surface area contributed by atoms with Gasteiger partial charge in [-0.25, -0.2) is 0 Å². The summed E-state index contributed by atoms with van der Waals surface area (Å²) in [5.41, 5.74) is 5.53. The zero-order valence-corrected chi connectivity index (χ0v) is 13.2. The Kier molecular flexibility index (Phi) is 3.95. The molecule has 0 bridgehead atoms. The molecule has 0 N–H and O–H groups in total. The van der Waals surface area contributed by atoms with E-state index in [0.717, 1.165) is 0 Å². The monoisotopic (exact) mass is 252 g/mol. The number of hydrogen-bond acceptors (Lipinski definition) is 0. The van der Waals surface area contributed by atoms with Crippen molar-refractivity contribution >= 4 is 23.0 Å². The Morgan fingerprint density at radius 2 is 0.833 bits per heavy atom. The minimum Gasteiger partial charge on any atom is -0.104 e. The molecule has 0 spiro atoms. The van der Waals surface area contributed by atoms with Gasteiger partial charge in [0.25, 0.3) is 0 Å². The summed E-state index contributed by atoms with van der Waals surface area (Å²) in [4.78, 5) is 0. The number of hydrogen-bond donors (Lipinski definition) is 0. The van der Waals surface area contributed by atoms with Gasteiger partial charge in [-0.05, 0) is 27.7 Å². The first-order valence-electron chi connectivity index (χ1n) is 6.62. The van der Waals surface area contributed by atoms with E-state index in [2.05, 4.69) is 69.9 Å². The van der Waals surface area contributed by atoms with E-state index >= 15 is 0 Å². The van der Waals surface area contributed by atoms with Gasteiger partial charge in [-0.2, -0.15) is 0 Å². The van der Waals surface area contributed by atoms with Crippen LogP contribution in [-0.4, -0.2) is 14.1 Å². The highest BCUT2D eigenvalue weighted by molar-refractivity contribution is 6.84. The fourth-order valence-corrected chi connectivity index (χ4v) is 5.15. The Hall–Kier alpha value is -1.03. The Balaban J connectivity index is 2.43. The summed E-state index contributed by atoms with van der Waals surface area (Å²) in [5.74, 6) is 2.43. The lowest BCUT2D eigenvalue weighted by molar-refractivity contribution is 1.39. The third-order valence-electron chi connectivity index (χ3n) is 3.49. The van der Waals surface area contributed by atoms with Gasteiger partial charge in [0.05, 0.1) is 0 Å². The average molecular weight is 252 g/mol. The Labute approximate surface area is 115 Å². The van der Waals surface area contributed by atoms with Gasteiger partial charge in [0, 0.05) is 0 Å². The van der Waals surface area contributed by atoms with Crippen LogP contribution in [0.4, 0.5) is 0 Å². The lowest BCUT2D eigenvalue weighted by Crippen LogP contribution is -2.39. The van der Waals surface area contributed by atoms with Gasteiger partial charge in [-0.3, -0.25) is 0 Å². The number of benzene rings is 2. The molecule has 2 aromatic carbocycles. The average Bonchev–Trinajstić information content (AvgIpc) is 2.25. The molecule has 0 heterocycles. The number of rotatable bonds is 2. The highest BCUT2D eigenvalue weighted by atomic mass is 27.2. The minimum absolute atomic E-state index is 1.03.